The molecular weight excluding hydrogens is 319 g/mol. The lowest BCUT2D eigenvalue weighted by Crippen LogP contribution is -2.36. The predicted octanol–water partition coefficient (Wildman–Crippen LogP) is 5.86. The lowest BCUT2D eigenvalue weighted by atomic mass is 10.2. The number of rotatable bonds is 9. The Balaban J connectivity index is 2.61. The molecule has 0 unspecified atom stereocenters. The van der Waals surface area contributed by atoms with Gasteiger partial charge < -0.3 is 10.2 Å². The van der Waals surface area contributed by atoms with E-state index in [1.54, 1.807) is 12.1 Å². The number of hydrogen-bond donors (Lipinski definition) is 1. The van der Waals surface area contributed by atoms with E-state index in [0.29, 0.717) is 5.11 Å². The zero-order chi connectivity index (χ0) is 16.4. The molecule has 124 valence electrons. The van der Waals surface area contributed by atoms with Crippen molar-refractivity contribution in [1.29, 1.82) is 0 Å². The minimum atomic E-state index is -0.416. The van der Waals surface area contributed by atoms with Gasteiger partial charge >= 0.3 is 0 Å². The minimum absolute atomic E-state index is 0.108. The molecule has 5 heteroatoms. The van der Waals surface area contributed by atoms with E-state index in [1.807, 2.05) is 0 Å². The van der Waals surface area contributed by atoms with Crippen LogP contribution in [0.25, 0.3) is 0 Å². The van der Waals surface area contributed by atoms with Gasteiger partial charge in [0.2, 0.25) is 0 Å². The molecule has 0 amide bonds. The van der Waals surface area contributed by atoms with E-state index in [-0.39, 0.29) is 5.02 Å². The first-order valence-electron chi connectivity index (χ1n) is 8.09. The quantitative estimate of drug-likeness (QED) is 0.446. The van der Waals surface area contributed by atoms with Crippen LogP contribution in [0.1, 0.15) is 52.4 Å². The lowest BCUT2D eigenvalue weighted by Gasteiger charge is -2.26. The van der Waals surface area contributed by atoms with Gasteiger partial charge in [0.15, 0.2) is 5.11 Å². The average Bonchev–Trinajstić information content (AvgIpc) is 2.49. The van der Waals surface area contributed by atoms with Gasteiger partial charge in [0.05, 0.1) is 5.02 Å². The fourth-order valence-electron chi connectivity index (χ4n) is 2.20. The van der Waals surface area contributed by atoms with Crippen LogP contribution >= 0.6 is 23.8 Å². The van der Waals surface area contributed by atoms with Gasteiger partial charge in [-0.1, -0.05) is 51.1 Å². The molecule has 0 fully saturated rings. The fourth-order valence-corrected chi connectivity index (χ4v) is 2.68. The van der Waals surface area contributed by atoms with Gasteiger partial charge in [0.1, 0.15) is 5.82 Å². The molecule has 0 radical (unpaired) electrons. The van der Waals surface area contributed by atoms with E-state index in [1.165, 1.54) is 31.7 Å². The monoisotopic (exact) mass is 344 g/mol. The van der Waals surface area contributed by atoms with E-state index in [9.17, 15) is 4.39 Å². The normalized spacial score (nSPS) is 10.5. The highest BCUT2D eigenvalue weighted by molar-refractivity contribution is 7.80. The number of thiocarbonyl (C=S) groups is 1. The van der Waals surface area contributed by atoms with Crippen molar-refractivity contribution in [3.05, 3.63) is 29.0 Å². The Kier molecular flexibility index (Phi) is 9.41. The fraction of sp³-hybridized carbons (Fsp3) is 0.588. The molecule has 0 aliphatic rings. The Morgan fingerprint density at radius 1 is 1.14 bits per heavy atom. The van der Waals surface area contributed by atoms with Crippen LogP contribution in [0.3, 0.4) is 0 Å². The molecule has 0 heterocycles. The van der Waals surface area contributed by atoms with Crippen LogP contribution in [0.2, 0.25) is 5.02 Å². The second-order valence-electron chi connectivity index (χ2n) is 5.46. The van der Waals surface area contributed by atoms with Crippen LogP contribution in [0, 0.1) is 5.82 Å². The van der Waals surface area contributed by atoms with Gasteiger partial charge in [-0.3, -0.25) is 0 Å². The highest BCUT2D eigenvalue weighted by atomic mass is 35.5. The minimum Gasteiger partial charge on any atom is -0.349 e. The summed E-state index contributed by atoms with van der Waals surface area (Å²) in [4.78, 5) is 2.21. The van der Waals surface area contributed by atoms with E-state index >= 15 is 0 Å². The van der Waals surface area contributed by atoms with E-state index in [4.69, 9.17) is 23.8 Å². The zero-order valence-electron chi connectivity index (χ0n) is 13.5. The summed E-state index contributed by atoms with van der Waals surface area (Å²) in [5.74, 6) is -0.416. The van der Waals surface area contributed by atoms with Gasteiger partial charge in [-0.15, -0.1) is 0 Å². The van der Waals surface area contributed by atoms with Crippen molar-refractivity contribution in [3.63, 3.8) is 0 Å². The van der Waals surface area contributed by atoms with Crippen LogP contribution in [-0.2, 0) is 0 Å². The maximum absolute atomic E-state index is 13.2. The molecule has 0 saturated carbocycles. The number of benzene rings is 1. The molecule has 1 aromatic rings. The van der Waals surface area contributed by atoms with Crippen LogP contribution in [0.4, 0.5) is 10.1 Å². The Bertz CT molecular complexity index is 458. The molecule has 0 aliphatic heterocycles. The van der Waals surface area contributed by atoms with Gasteiger partial charge in [-0.25, -0.2) is 4.39 Å². The van der Waals surface area contributed by atoms with Crippen molar-refractivity contribution in [3.8, 4) is 0 Å². The zero-order valence-corrected chi connectivity index (χ0v) is 15.1. The third kappa shape index (κ3) is 6.93. The Hall–Kier alpha value is -0.870. The molecule has 22 heavy (non-hydrogen) atoms. The van der Waals surface area contributed by atoms with E-state index in [0.717, 1.165) is 31.6 Å². The molecule has 1 rings (SSSR count). The van der Waals surface area contributed by atoms with Crippen molar-refractivity contribution >= 4 is 34.6 Å². The summed E-state index contributed by atoms with van der Waals surface area (Å²) in [5, 5.41) is 3.97. The molecule has 0 aromatic heterocycles. The number of unbranched alkanes of at least 4 members (excludes halogenated alkanes) is 4. The Morgan fingerprint density at radius 2 is 1.73 bits per heavy atom. The van der Waals surface area contributed by atoms with Crippen LogP contribution in [0.15, 0.2) is 18.2 Å². The molecule has 2 nitrogen and oxygen atoms in total. The first kappa shape index (κ1) is 19.2. The highest BCUT2D eigenvalue weighted by Crippen LogP contribution is 2.20. The molecule has 0 bridgehead atoms. The van der Waals surface area contributed by atoms with Crippen molar-refractivity contribution in [1.82, 2.24) is 4.90 Å². The third-order valence-corrected chi connectivity index (χ3v) is 4.17. The molecular formula is C17H26ClFN2S. The number of anilines is 1. The molecule has 0 spiro atoms. The standard InChI is InChI=1S/C17H26ClFN2S/c1-3-5-7-11-21(12-8-6-4-2)17(22)20-14-9-10-16(19)15(18)13-14/h9-10,13H,3-8,11-12H2,1-2H3,(H,20,22). The first-order chi connectivity index (χ1) is 10.6. The summed E-state index contributed by atoms with van der Waals surface area (Å²) in [5.41, 5.74) is 0.729. The smallest absolute Gasteiger partial charge is 0.173 e. The topological polar surface area (TPSA) is 15.3 Å². The lowest BCUT2D eigenvalue weighted by molar-refractivity contribution is 0.395. The van der Waals surface area contributed by atoms with Gasteiger partial charge in [-0.2, -0.15) is 0 Å². The number of nitrogens with zero attached hydrogens (tertiary/aromatic N) is 1. The summed E-state index contributed by atoms with van der Waals surface area (Å²) < 4.78 is 13.2. The van der Waals surface area contributed by atoms with Crippen molar-refractivity contribution in [2.24, 2.45) is 0 Å². The molecule has 0 atom stereocenters. The second-order valence-corrected chi connectivity index (χ2v) is 6.25. The second kappa shape index (κ2) is 10.8. The van der Waals surface area contributed by atoms with Gasteiger partial charge in [-0.05, 0) is 43.3 Å². The molecule has 0 aliphatic carbocycles. The summed E-state index contributed by atoms with van der Waals surface area (Å²) in [6, 6.07) is 4.58. The molecule has 0 saturated heterocycles. The Labute approximate surface area is 144 Å². The summed E-state index contributed by atoms with van der Waals surface area (Å²) in [7, 11) is 0. The van der Waals surface area contributed by atoms with E-state index in [2.05, 4.69) is 24.1 Å². The molecule has 1 aromatic carbocycles. The molecule has 1 N–H and O–H groups in total. The van der Waals surface area contributed by atoms with Crippen molar-refractivity contribution < 1.29 is 4.39 Å². The Morgan fingerprint density at radius 3 is 2.23 bits per heavy atom. The van der Waals surface area contributed by atoms with Crippen LogP contribution in [-0.4, -0.2) is 23.1 Å². The van der Waals surface area contributed by atoms with Gasteiger partial charge in [0, 0.05) is 18.8 Å². The predicted molar refractivity (Wildman–Crippen MR) is 98.3 cm³/mol. The SMILES string of the molecule is CCCCCN(CCCCC)C(=S)Nc1ccc(F)c(Cl)c1. The van der Waals surface area contributed by atoms with Crippen LogP contribution < -0.4 is 5.32 Å². The average molecular weight is 345 g/mol. The van der Waals surface area contributed by atoms with Gasteiger partial charge in [0.25, 0.3) is 0 Å². The third-order valence-electron chi connectivity index (χ3n) is 3.52. The maximum Gasteiger partial charge on any atom is 0.173 e. The number of halogens is 2. The van der Waals surface area contributed by atoms with Crippen molar-refractivity contribution in [2.75, 3.05) is 18.4 Å². The van der Waals surface area contributed by atoms with E-state index < -0.39 is 5.82 Å². The number of nitrogens with one attached hydrogen (secondary N) is 1. The van der Waals surface area contributed by atoms with Crippen molar-refractivity contribution in [2.45, 2.75) is 52.4 Å². The summed E-state index contributed by atoms with van der Waals surface area (Å²) >= 11 is 11.3. The first-order valence-corrected chi connectivity index (χ1v) is 8.88. The van der Waals surface area contributed by atoms with Crippen LogP contribution in [0.5, 0.6) is 0 Å². The number of hydrogen-bond acceptors (Lipinski definition) is 1. The highest BCUT2D eigenvalue weighted by Gasteiger charge is 2.10. The largest absolute Gasteiger partial charge is 0.349 e. The maximum atomic E-state index is 13.2. The summed E-state index contributed by atoms with van der Waals surface area (Å²) in [6.45, 7) is 6.30. The summed E-state index contributed by atoms with van der Waals surface area (Å²) in [6.07, 6.45) is 7.06.